The van der Waals surface area contributed by atoms with Crippen LogP contribution in [0.2, 0.25) is 25.7 Å². The molecule has 78 valence electrons. The lowest BCUT2D eigenvalue weighted by Crippen LogP contribution is -2.31. The Morgan fingerprint density at radius 3 is 2.54 bits per heavy atom. The third-order valence-corrected chi connectivity index (χ3v) is 6.27. The monoisotopic (exact) mass is 220 g/mol. The Labute approximate surface area is 84.5 Å². The standard InChI is InChI=1S/C8H20O3Si2/c1-12-11-13(2,3)8-4-6-10-7-5-9/h9H,4-8H2,1-3H3. The highest BCUT2D eigenvalue weighted by atomic mass is 28.4. The van der Waals surface area contributed by atoms with Crippen LogP contribution in [0.3, 0.4) is 0 Å². The van der Waals surface area contributed by atoms with E-state index in [-0.39, 0.29) is 6.61 Å². The molecule has 0 saturated carbocycles. The third kappa shape index (κ3) is 8.64. The molecule has 0 aromatic rings. The van der Waals surface area contributed by atoms with Gasteiger partial charge >= 0.3 is 0 Å². The van der Waals surface area contributed by atoms with Gasteiger partial charge in [0.15, 0.2) is 8.32 Å². The minimum absolute atomic E-state index is 0.119. The second-order valence-corrected chi connectivity index (χ2v) is 8.75. The first-order valence-corrected chi connectivity index (χ1v) is 9.18. The van der Waals surface area contributed by atoms with Crippen molar-refractivity contribution in [3.05, 3.63) is 0 Å². The number of aliphatic hydroxyl groups excluding tert-OH is 1. The molecule has 0 bridgehead atoms. The lowest BCUT2D eigenvalue weighted by molar-refractivity contribution is 0.0924. The van der Waals surface area contributed by atoms with Crippen molar-refractivity contribution >= 4 is 18.1 Å². The van der Waals surface area contributed by atoms with E-state index in [9.17, 15) is 0 Å². The SMILES string of the molecule is C[Si]O[Si](C)(C)CCCOCCO. The molecule has 0 heterocycles. The van der Waals surface area contributed by atoms with Crippen LogP contribution in [0.25, 0.3) is 0 Å². The Morgan fingerprint density at radius 1 is 1.31 bits per heavy atom. The maximum atomic E-state index is 8.47. The Balaban J connectivity index is 3.29. The lowest BCUT2D eigenvalue weighted by Gasteiger charge is -2.21. The lowest BCUT2D eigenvalue weighted by atomic mass is 10.5. The predicted molar refractivity (Wildman–Crippen MR) is 57.5 cm³/mol. The summed E-state index contributed by atoms with van der Waals surface area (Å²) in [5, 5.41) is 8.47. The molecule has 2 radical (unpaired) electrons. The molecule has 0 aliphatic heterocycles. The van der Waals surface area contributed by atoms with Gasteiger partial charge < -0.3 is 14.0 Å². The van der Waals surface area contributed by atoms with Crippen LogP contribution in [-0.2, 0) is 8.85 Å². The molecule has 1 N–H and O–H groups in total. The van der Waals surface area contributed by atoms with Crippen molar-refractivity contribution in [2.45, 2.75) is 32.1 Å². The minimum Gasteiger partial charge on any atom is -0.456 e. The van der Waals surface area contributed by atoms with Crippen molar-refractivity contribution in [2.75, 3.05) is 19.8 Å². The molecular formula is C8H20O3Si2. The first-order chi connectivity index (χ1) is 6.12. The summed E-state index contributed by atoms with van der Waals surface area (Å²) in [4.78, 5) is 0. The van der Waals surface area contributed by atoms with Crippen molar-refractivity contribution in [3.63, 3.8) is 0 Å². The highest BCUT2D eigenvalue weighted by molar-refractivity contribution is 6.74. The Morgan fingerprint density at radius 2 is 2.00 bits per heavy atom. The summed E-state index contributed by atoms with van der Waals surface area (Å²) in [6.07, 6.45) is 1.05. The summed E-state index contributed by atoms with van der Waals surface area (Å²) in [5.41, 5.74) is 0. The molecule has 0 unspecified atom stereocenters. The molecule has 0 saturated heterocycles. The number of aliphatic hydroxyl groups is 1. The van der Waals surface area contributed by atoms with Crippen LogP contribution in [0.1, 0.15) is 6.42 Å². The number of ether oxygens (including phenoxy) is 1. The number of rotatable bonds is 8. The molecule has 0 aliphatic carbocycles. The van der Waals surface area contributed by atoms with Crippen LogP contribution in [0.5, 0.6) is 0 Å². The quantitative estimate of drug-likeness (QED) is 0.495. The van der Waals surface area contributed by atoms with E-state index in [0.29, 0.717) is 16.4 Å². The second kappa shape index (κ2) is 7.69. The summed E-state index contributed by atoms with van der Waals surface area (Å²) in [7, 11) is -0.791. The maximum absolute atomic E-state index is 8.47. The van der Waals surface area contributed by atoms with Gasteiger partial charge in [0, 0.05) is 6.61 Å². The van der Waals surface area contributed by atoms with Gasteiger partial charge in [0.25, 0.3) is 0 Å². The molecule has 3 nitrogen and oxygen atoms in total. The summed E-state index contributed by atoms with van der Waals surface area (Å²) in [6, 6.07) is 1.14. The fraction of sp³-hybridized carbons (Fsp3) is 1.00. The van der Waals surface area contributed by atoms with Gasteiger partial charge in [0.2, 0.25) is 9.76 Å². The van der Waals surface area contributed by atoms with Gasteiger partial charge in [-0.25, -0.2) is 0 Å². The summed E-state index contributed by atoms with van der Waals surface area (Å²) >= 11 is 0. The van der Waals surface area contributed by atoms with Crippen molar-refractivity contribution in [1.82, 2.24) is 0 Å². The van der Waals surface area contributed by atoms with Crippen molar-refractivity contribution in [2.24, 2.45) is 0 Å². The van der Waals surface area contributed by atoms with Crippen molar-refractivity contribution < 1.29 is 14.0 Å². The normalized spacial score (nSPS) is 12.0. The van der Waals surface area contributed by atoms with Gasteiger partial charge in [0.1, 0.15) is 0 Å². The Bertz CT molecular complexity index is 120. The molecule has 0 fully saturated rings. The van der Waals surface area contributed by atoms with E-state index < -0.39 is 8.32 Å². The van der Waals surface area contributed by atoms with E-state index in [0.717, 1.165) is 19.1 Å². The van der Waals surface area contributed by atoms with Crippen LogP contribution in [0.15, 0.2) is 0 Å². The highest BCUT2D eigenvalue weighted by Gasteiger charge is 2.20. The van der Waals surface area contributed by atoms with E-state index >= 15 is 0 Å². The van der Waals surface area contributed by atoms with Gasteiger partial charge in [-0.15, -0.1) is 0 Å². The fourth-order valence-electron chi connectivity index (χ4n) is 1.09. The Hall–Kier alpha value is 0.314. The molecule has 0 aromatic carbocycles. The minimum atomic E-state index is -1.39. The second-order valence-electron chi connectivity index (χ2n) is 3.51. The fourth-order valence-corrected chi connectivity index (χ4v) is 4.71. The van der Waals surface area contributed by atoms with Crippen LogP contribution in [0.4, 0.5) is 0 Å². The molecule has 5 heteroatoms. The van der Waals surface area contributed by atoms with Gasteiger partial charge in [-0.2, -0.15) is 0 Å². The summed E-state index contributed by atoms with van der Waals surface area (Å²) in [6.45, 7) is 7.85. The zero-order valence-corrected chi connectivity index (χ0v) is 10.8. The van der Waals surface area contributed by atoms with Crippen molar-refractivity contribution in [3.8, 4) is 0 Å². The van der Waals surface area contributed by atoms with Crippen LogP contribution < -0.4 is 0 Å². The molecule has 0 amide bonds. The average molecular weight is 220 g/mol. The van der Waals surface area contributed by atoms with Crippen LogP contribution in [-0.4, -0.2) is 43.0 Å². The molecule has 0 aliphatic rings. The van der Waals surface area contributed by atoms with E-state index in [1.807, 2.05) is 0 Å². The predicted octanol–water partition coefficient (Wildman–Crippen LogP) is 1.27. The Kier molecular flexibility index (Phi) is 7.88. The largest absolute Gasteiger partial charge is 0.456 e. The molecule has 0 rings (SSSR count). The van der Waals surface area contributed by atoms with Crippen molar-refractivity contribution in [1.29, 1.82) is 0 Å². The number of hydrogen-bond donors (Lipinski definition) is 1. The number of hydrogen-bond acceptors (Lipinski definition) is 3. The molecule has 13 heavy (non-hydrogen) atoms. The highest BCUT2D eigenvalue weighted by Crippen LogP contribution is 2.12. The van der Waals surface area contributed by atoms with E-state index in [4.69, 9.17) is 14.0 Å². The summed E-state index contributed by atoms with van der Waals surface area (Å²) < 4.78 is 10.9. The topological polar surface area (TPSA) is 38.7 Å². The first kappa shape index (κ1) is 13.3. The molecule has 0 aromatic heterocycles. The van der Waals surface area contributed by atoms with Crippen LogP contribution >= 0.6 is 0 Å². The molecular weight excluding hydrogens is 200 g/mol. The molecule has 0 spiro atoms. The molecule has 0 atom stereocenters. The van der Waals surface area contributed by atoms with E-state index in [2.05, 4.69) is 19.6 Å². The summed E-state index contributed by atoms with van der Waals surface area (Å²) in [5.74, 6) is 0. The zero-order valence-electron chi connectivity index (χ0n) is 8.80. The maximum Gasteiger partial charge on any atom is 0.211 e. The van der Waals surface area contributed by atoms with E-state index in [1.165, 1.54) is 0 Å². The van der Waals surface area contributed by atoms with Gasteiger partial charge in [-0.1, -0.05) is 0 Å². The van der Waals surface area contributed by atoms with Crippen LogP contribution in [0, 0.1) is 0 Å². The smallest absolute Gasteiger partial charge is 0.211 e. The first-order valence-electron chi connectivity index (χ1n) is 4.66. The van der Waals surface area contributed by atoms with Gasteiger partial charge in [-0.3, -0.25) is 0 Å². The van der Waals surface area contributed by atoms with Gasteiger partial charge in [-0.05, 0) is 32.1 Å². The van der Waals surface area contributed by atoms with E-state index in [1.54, 1.807) is 0 Å². The van der Waals surface area contributed by atoms with Gasteiger partial charge in [0.05, 0.1) is 13.2 Å². The third-order valence-electron chi connectivity index (χ3n) is 1.68. The average Bonchev–Trinajstić information content (AvgIpc) is 2.04. The zero-order chi connectivity index (χ0) is 10.2.